The molecule has 0 unspecified atom stereocenters. The van der Waals surface area contributed by atoms with Crippen LogP contribution in [0.15, 0.2) is 45.7 Å². The van der Waals surface area contributed by atoms with Crippen LogP contribution in [0.3, 0.4) is 0 Å². The van der Waals surface area contributed by atoms with Gasteiger partial charge in [0.2, 0.25) is 5.89 Å². The Kier molecular flexibility index (Phi) is 4.85. The number of hydrogen-bond acceptors (Lipinski definition) is 5. The van der Waals surface area contributed by atoms with Gasteiger partial charge in [0.1, 0.15) is 5.69 Å². The molecule has 3 aromatic heterocycles. The topological polar surface area (TPSA) is 73.8 Å². The summed E-state index contributed by atoms with van der Waals surface area (Å²) in [4.78, 5) is 21.0. The molecule has 4 rings (SSSR count). The lowest BCUT2D eigenvalue weighted by Gasteiger charge is -2.09. The van der Waals surface area contributed by atoms with Gasteiger partial charge in [-0.2, -0.15) is 18.3 Å². The number of benzene rings is 1. The summed E-state index contributed by atoms with van der Waals surface area (Å²) in [5.41, 5.74) is -0.0967. The first kappa shape index (κ1) is 20.1. The molecule has 30 heavy (non-hydrogen) atoms. The molecule has 0 fully saturated rings. The highest BCUT2D eigenvalue weighted by Gasteiger charge is 2.36. The van der Waals surface area contributed by atoms with Crippen molar-refractivity contribution in [2.45, 2.75) is 26.4 Å². The molecule has 10 heteroatoms. The van der Waals surface area contributed by atoms with Crippen molar-refractivity contribution in [1.29, 1.82) is 0 Å². The second-order valence-electron chi connectivity index (χ2n) is 6.61. The fourth-order valence-corrected chi connectivity index (χ4v) is 3.36. The number of rotatable bonds is 3. The molecule has 0 radical (unpaired) electrons. The third-order valence-corrected chi connectivity index (χ3v) is 4.79. The highest BCUT2D eigenvalue weighted by Crippen LogP contribution is 2.34. The molecule has 3 heterocycles. The molecule has 0 aliphatic rings. The number of hydrogen-bond donors (Lipinski definition) is 0. The molecule has 1 aromatic carbocycles. The van der Waals surface area contributed by atoms with E-state index in [1.165, 1.54) is 18.3 Å². The molecule has 0 atom stereocenters. The number of aryl methyl sites for hydroxylation is 2. The molecule has 0 bridgehead atoms. The van der Waals surface area contributed by atoms with Crippen molar-refractivity contribution in [3.63, 3.8) is 0 Å². The Hall–Kier alpha value is -3.20. The smallest absolute Gasteiger partial charge is 0.401 e. The Balaban J connectivity index is 2.04. The van der Waals surface area contributed by atoms with Gasteiger partial charge < -0.3 is 4.42 Å². The Labute approximate surface area is 172 Å². The third-order valence-electron chi connectivity index (χ3n) is 4.50. The van der Waals surface area contributed by atoms with Crippen LogP contribution >= 0.6 is 11.6 Å². The molecule has 0 N–H and O–H groups in total. The van der Waals surface area contributed by atoms with Crippen molar-refractivity contribution in [3.8, 4) is 17.4 Å². The third kappa shape index (κ3) is 3.45. The number of pyridine rings is 1. The number of fused-ring (bicyclic) bond motifs is 1. The van der Waals surface area contributed by atoms with E-state index < -0.39 is 17.5 Å². The van der Waals surface area contributed by atoms with Crippen molar-refractivity contribution in [2.24, 2.45) is 0 Å². The van der Waals surface area contributed by atoms with Gasteiger partial charge in [-0.1, -0.05) is 24.6 Å². The van der Waals surface area contributed by atoms with Gasteiger partial charge >= 0.3 is 11.8 Å². The van der Waals surface area contributed by atoms with E-state index in [9.17, 15) is 18.0 Å². The van der Waals surface area contributed by atoms with Crippen molar-refractivity contribution in [2.75, 3.05) is 0 Å². The standard InChI is InChI=1S/C20H14ClF3N4O2/c1-3-11-7-10(2)8-12-16(11)26-18(30-19(12)29)14-9-15(20(22,23)24)27-28(14)17-13(21)5-4-6-25-17/h4-9H,3H2,1-2H3. The first-order valence-electron chi connectivity index (χ1n) is 8.92. The van der Waals surface area contributed by atoms with Crippen LogP contribution in [0.4, 0.5) is 13.2 Å². The maximum absolute atomic E-state index is 13.4. The van der Waals surface area contributed by atoms with Crippen LogP contribution < -0.4 is 5.63 Å². The minimum atomic E-state index is -4.73. The maximum atomic E-state index is 13.4. The van der Waals surface area contributed by atoms with Gasteiger partial charge in [-0.25, -0.2) is 19.4 Å². The Bertz CT molecular complexity index is 1330. The van der Waals surface area contributed by atoms with Crippen molar-refractivity contribution in [1.82, 2.24) is 19.7 Å². The van der Waals surface area contributed by atoms with E-state index in [2.05, 4.69) is 15.1 Å². The van der Waals surface area contributed by atoms with Crippen LogP contribution in [-0.2, 0) is 12.6 Å². The highest BCUT2D eigenvalue weighted by atomic mass is 35.5. The Morgan fingerprint density at radius 1 is 1.23 bits per heavy atom. The first-order chi connectivity index (χ1) is 14.2. The van der Waals surface area contributed by atoms with E-state index in [0.29, 0.717) is 11.9 Å². The first-order valence-corrected chi connectivity index (χ1v) is 9.29. The summed E-state index contributed by atoms with van der Waals surface area (Å²) in [6.45, 7) is 3.73. The number of alkyl halides is 3. The van der Waals surface area contributed by atoms with Gasteiger partial charge in [0.15, 0.2) is 11.5 Å². The lowest BCUT2D eigenvalue weighted by atomic mass is 10.1. The number of nitrogens with zero attached hydrogens (tertiary/aromatic N) is 4. The van der Waals surface area contributed by atoms with Crippen LogP contribution in [0.5, 0.6) is 0 Å². The van der Waals surface area contributed by atoms with Crippen molar-refractivity contribution in [3.05, 3.63) is 68.8 Å². The zero-order chi connectivity index (χ0) is 21.6. The van der Waals surface area contributed by atoms with E-state index in [4.69, 9.17) is 16.0 Å². The molecule has 6 nitrogen and oxygen atoms in total. The maximum Gasteiger partial charge on any atom is 0.435 e. The average Bonchev–Trinajstić information content (AvgIpc) is 3.14. The molecule has 0 aliphatic carbocycles. The monoisotopic (exact) mass is 434 g/mol. The fraction of sp³-hybridized carbons (Fsp3) is 0.200. The van der Waals surface area contributed by atoms with Gasteiger partial charge in [0.25, 0.3) is 0 Å². The fourth-order valence-electron chi connectivity index (χ4n) is 3.15. The molecule has 154 valence electrons. The summed E-state index contributed by atoms with van der Waals surface area (Å²) >= 11 is 6.12. The normalized spacial score (nSPS) is 11.9. The van der Waals surface area contributed by atoms with E-state index in [-0.39, 0.29) is 27.8 Å². The van der Waals surface area contributed by atoms with Crippen molar-refractivity contribution < 1.29 is 17.6 Å². The van der Waals surface area contributed by atoms with Crippen LogP contribution in [-0.4, -0.2) is 19.7 Å². The van der Waals surface area contributed by atoms with Crippen LogP contribution in [0.1, 0.15) is 23.7 Å². The van der Waals surface area contributed by atoms with Crippen LogP contribution in [0.25, 0.3) is 28.3 Å². The number of halogens is 4. The summed E-state index contributed by atoms with van der Waals surface area (Å²) in [7, 11) is 0. The summed E-state index contributed by atoms with van der Waals surface area (Å²) in [6.07, 6.45) is -2.79. The minimum Gasteiger partial charge on any atom is -0.401 e. The van der Waals surface area contributed by atoms with Crippen LogP contribution in [0.2, 0.25) is 5.02 Å². The molecular formula is C20H14ClF3N4O2. The lowest BCUT2D eigenvalue weighted by Crippen LogP contribution is -2.09. The van der Waals surface area contributed by atoms with Gasteiger partial charge in [0, 0.05) is 12.3 Å². The predicted octanol–water partition coefficient (Wildman–Crippen LogP) is 4.98. The molecule has 0 spiro atoms. The molecule has 0 aliphatic heterocycles. The average molecular weight is 435 g/mol. The molecule has 0 saturated heterocycles. The van der Waals surface area contributed by atoms with Gasteiger partial charge in [0.05, 0.1) is 15.9 Å². The predicted molar refractivity (Wildman–Crippen MR) is 105 cm³/mol. The quantitative estimate of drug-likeness (QED) is 0.454. The van der Waals surface area contributed by atoms with Crippen molar-refractivity contribution >= 4 is 22.5 Å². The zero-order valence-electron chi connectivity index (χ0n) is 15.8. The molecule has 4 aromatic rings. The largest absolute Gasteiger partial charge is 0.435 e. The summed E-state index contributed by atoms with van der Waals surface area (Å²) < 4.78 is 46.3. The molecule has 0 amide bonds. The number of aromatic nitrogens is 4. The van der Waals surface area contributed by atoms with E-state index in [0.717, 1.165) is 21.9 Å². The Morgan fingerprint density at radius 2 is 2.00 bits per heavy atom. The Morgan fingerprint density at radius 3 is 2.67 bits per heavy atom. The summed E-state index contributed by atoms with van der Waals surface area (Å²) in [5.74, 6) is -0.357. The lowest BCUT2D eigenvalue weighted by molar-refractivity contribution is -0.141. The molecule has 0 saturated carbocycles. The van der Waals surface area contributed by atoms with Crippen LogP contribution in [0, 0.1) is 6.92 Å². The summed E-state index contributed by atoms with van der Waals surface area (Å²) in [5, 5.41) is 3.93. The highest BCUT2D eigenvalue weighted by molar-refractivity contribution is 6.32. The van der Waals surface area contributed by atoms with Gasteiger partial charge in [-0.3, -0.25) is 0 Å². The van der Waals surface area contributed by atoms with E-state index in [1.54, 1.807) is 6.07 Å². The van der Waals surface area contributed by atoms with Gasteiger partial charge in [-0.05, 0) is 42.7 Å². The summed E-state index contributed by atoms with van der Waals surface area (Å²) in [6, 6.07) is 7.24. The SMILES string of the molecule is CCc1cc(C)cc2c(=O)oc(-c3cc(C(F)(F)F)nn3-c3ncccc3Cl)nc12. The second-order valence-corrected chi connectivity index (χ2v) is 7.02. The van der Waals surface area contributed by atoms with Gasteiger partial charge in [-0.15, -0.1) is 0 Å². The second kappa shape index (κ2) is 7.24. The van der Waals surface area contributed by atoms with E-state index in [1.807, 2.05) is 19.9 Å². The van der Waals surface area contributed by atoms with E-state index >= 15 is 0 Å². The minimum absolute atomic E-state index is 0.0474. The molecular weight excluding hydrogens is 421 g/mol. The zero-order valence-corrected chi connectivity index (χ0v) is 16.5.